The van der Waals surface area contributed by atoms with Gasteiger partial charge in [0.15, 0.2) is 0 Å². The first-order valence-electron chi connectivity index (χ1n) is 7.34. The van der Waals surface area contributed by atoms with E-state index in [1.165, 1.54) is 0 Å². The van der Waals surface area contributed by atoms with Crippen LogP contribution in [0.25, 0.3) is 0 Å². The molecule has 1 atom stereocenters. The normalized spacial score (nSPS) is 17.0. The number of allylic oxidation sites excluding steroid dienone is 2. The summed E-state index contributed by atoms with van der Waals surface area (Å²) in [5, 5.41) is 9.62. The van der Waals surface area contributed by atoms with E-state index in [0.29, 0.717) is 17.1 Å². The standard InChI is InChI=1S/C17H16I2N2O4/c1-4-24-17(22)13-8(2)25-16(21)11(7-20)14(13)10-5-9(18)6-12(19)15(10)23-3/h5-6,14H,4,21H2,1-3H3. The molecule has 0 aromatic heterocycles. The van der Waals surface area contributed by atoms with Crippen molar-refractivity contribution in [3.63, 3.8) is 0 Å². The molecule has 1 heterocycles. The van der Waals surface area contributed by atoms with Gasteiger partial charge in [-0.15, -0.1) is 0 Å². The molecule has 0 spiro atoms. The molecule has 1 aromatic rings. The summed E-state index contributed by atoms with van der Waals surface area (Å²) < 4.78 is 17.9. The lowest BCUT2D eigenvalue weighted by Crippen LogP contribution is -2.26. The minimum atomic E-state index is -0.712. The van der Waals surface area contributed by atoms with E-state index < -0.39 is 11.9 Å². The third kappa shape index (κ3) is 3.87. The molecule has 25 heavy (non-hydrogen) atoms. The van der Waals surface area contributed by atoms with Crippen LogP contribution in [0.2, 0.25) is 0 Å². The molecule has 8 heteroatoms. The van der Waals surface area contributed by atoms with E-state index in [1.54, 1.807) is 21.0 Å². The van der Waals surface area contributed by atoms with E-state index in [-0.39, 0.29) is 23.6 Å². The van der Waals surface area contributed by atoms with Gasteiger partial charge in [0.2, 0.25) is 5.88 Å². The van der Waals surface area contributed by atoms with E-state index >= 15 is 0 Å². The quantitative estimate of drug-likeness (QED) is 0.443. The maximum absolute atomic E-state index is 12.6. The number of halogens is 2. The van der Waals surface area contributed by atoms with Gasteiger partial charge in [0.1, 0.15) is 23.2 Å². The zero-order chi connectivity index (χ0) is 18.7. The topological polar surface area (TPSA) is 94.6 Å². The van der Waals surface area contributed by atoms with Crippen molar-refractivity contribution in [3.8, 4) is 11.8 Å². The molecule has 0 aliphatic carbocycles. The summed E-state index contributed by atoms with van der Waals surface area (Å²) in [5.74, 6) is -0.370. The number of nitrogens with two attached hydrogens (primary N) is 1. The fourth-order valence-corrected chi connectivity index (χ4v) is 4.79. The van der Waals surface area contributed by atoms with Crippen molar-refractivity contribution in [1.82, 2.24) is 0 Å². The van der Waals surface area contributed by atoms with Crippen molar-refractivity contribution < 1.29 is 19.0 Å². The molecule has 0 saturated carbocycles. The van der Waals surface area contributed by atoms with Crippen molar-refractivity contribution >= 4 is 51.2 Å². The second kappa shape index (κ2) is 8.27. The Balaban J connectivity index is 2.78. The van der Waals surface area contributed by atoms with Crippen LogP contribution in [0, 0.1) is 18.5 Å². The van der Waals surface area contributed by atoms with Crippen LogP contribution in [0.4, 0.5) is 0 Å². The van der Waals surface area contributed by atoms with Crippen molar-refractivity contribution in [3.05, 3.63) is 47.6 Å². The summed E-state index contributed by atoms with van der Waals surface area (Å²) >= 11 is 4.33. The summed E-state index contributed by atoms with van der Waals surface area (Å²) in [5.41, 5.74) is 7.00. The van der Waals surface area contributed by atoms with Gasteiger partial charge in [-0.1, -0.05) is 0 Å². The minimum absolute atomic E-state index is 0.0195. The molecule has 132 valence electrons. The van der Waals surface area contributed by atoms with Gasteiger partial charge in [0.05, 0.1) is 28.8 Å². The van der Waals surface area contributed by atoms with Crippen molar-refractivity contribution in [2.75, 3.05) is 13.7 Å². The minimum Gasteiger partial charge on any atom is -0.495 e. The smallest absolute Gasteiger partial charge is 0.338 e. The molecule has 0 fully saturated rings. The van der Waals surface area contributed by atoms with Crippen LogP contribution in [-0.2, 0) is 14.3 Å². The van der Waals surface area contributed by atoms with Gasteiger partial charge >= 0.3 is 5.97 Å². The van der Waals surface area contributed by atoms with Crippen LogP contribution < -0.4 is 10.5 Å². The number of hydrogen-bond donors (Lipinski definition) is 1. The van der Waals surface area contributed by atoms with Crippen molar-refractivity contribution in [2.45, 2.75) is 19.8 Å². The first kappa shape index (κ1) is 19.8. The Morgan fingerprint density at radius 2 is 2.12 bits per heavy atom. The van der Waals surface area contributed by atoms with Gasteiger partial charge in [-0.05, 0) is 71.2 Å². The number of benzene rings is 1. The number of rotatable bonds is 4. The molecule has 1 aliphatic heterocycles. The second-order valence-corrected chi connectivity index (χ2v) is 7.53. The first-order chi connectivity index (χ1) is 11.8. The average Bonchev–Trinajstić information content (AvgIpc) is 2.53. The summed E-state index contributed by atoms with van der Waals surface area (Å²) in [6, 6.07) is 5.88. The Morgan fingerprint density at radius 3 is 2.68 bits per heavy atom. The summed E-state index contributed by atoms with van der Waals surface area (Å²) in [6.45, 7) is 3.56. The van der Waals surface area contributed by atoms with Gasteiger partial charge in [0, 0.05) is 9.13 Å². The molecule has 6 nitrogen and oxygen atoms in total. The van der Waals surface area contributed by atoms with E-state index in [0.717, 1.165) is 7.14 Å². The zero-order valence-corrected chi connectivity index (χ0v) is 18.2. The maximum Gasteiger partial charge on any atom is 0.338 e. The predicted octanol–water partition coefficient (Wildman–Crippen LogP) is 3.55. The van der Waals surface area contributed by atoms with Crippen molar-refractivity contribution in [2.24, 2.45) is 5.73 Å². The predicted molar refractivity (Wildman–Crippen MR) is 108 cm³/mol. The molecule has 1 unspecified atom stereocenters. The Labute approximate surface area is 173 Å². The molecule has 0 radical (unpaired) electrons. The van der Waals surface area contributed by atoms with Crippen LogP contribution in [0.1, 0.15) is 25.3 Å². The molecule has 0 amide bonds. The van der Waals surface area contributed by atoms with Crippen molar-refractivity contribution in [1.29, 1.82) is 5.26 Å². The number of nitriles is 1. The van der Waals surface area contributed by atoms with Gasteiger partial charge in [0.25, 0.3) is 0 Å². The van der Waals surface area contributed by atoms with Gasteiger partial charge in [-0.2, -0.15) is 5.26 Å². The maximum atomic E-state index is 12.6. The van der Waals surface area contributed by atoms with E-state index in [1.807, 2.05) is 12.1 Å². The molecule has 0 saturated heterocycles. The summed E-state index contributed by atoms with van der Waals surface area (Å²) in [7, 11) is 1.55. The van der Waals surface area contributed by atoms with E-state index in [2.05, 4.69) is 51.3 Å². The number of carbonyl (C=O) groups is 1. The lowest BCUT2D eigenvalue weighted by molar-refractivity contribution is -0.139. The Hall–Kier alpha value is -1.48. The highest BCUT2D eigenvalue weighted by Gasteiger charge is 2.38. The van der Waals surface area contributed by atoms with Gasteiger partial charge < -0.3 is 19.9 Å². The highest BCUT2D eigenvalue weighted by atomic mass is 127. The second-order valence-electron chi connectivity index (χ2n) is 5.13. The SMILES string of the molecule is CCOC(=O)C1=C(C)OC(N)=C(C#N)C1c1cc(I)cc(I)c1OC. The lowest BCUT2D eigenvalue weighted by atomic mass is 9.82. The molecule has 2 N–H and O–H groups in total. The largest absolute Gasteiger partial charge is 0.495 e. The summed E-state index contributed by atoms with van der Waals surface area (Å²) in [6.07, 6.45) is 0. The highest BCUT2D eigenvalue weighted by Crippen LogP contribution is 2.44. The first-order valence-corrected chi connectivity index (χ1v) is 9.49. The Morgan fingerprint density at radius 1 is 1.44 bits per heavy atom. The molecule has 2 rings (SSSR count). The van der Waals surface area contributed by atoms with Crippen LogP contribution in [0.5, 0.6) is 5.75 Å². The number of esters is 1. The lowest BCUT2D eigenvalue weighted by Gasteiger charge is -2.28. The fraction of sp³-hybridized carbons (Fsp3) is 0.294. The zero-order valence-electron chi connectivity index (χ0n) is 13.9. The molecule has 1 aliphatic rings. The number of ether oxygens (including phenoxy) is 3. The van der Waals surface area contributed by atoms with Crippen LogP contribution in [0.15, 0.2) is 34.9 Å². The monoisotopic (exact) mass is 566 g/mol. The Kier molecular flexibility index (Phi) is 6.56. The van der Waals surface area contributed by atoms with Crippen LogP contribution in [-0.4, -0.2) is 19.7 Å². The highest BCUT2D eigenvalue weighted by molar-refractivity contribution is 14.1. The Bertz CT molecular complexity index is 825. The number of hydrogen-bond acceptors (Lipinski definition) is 6. The number of nitrogens with zero attached hydrogens (tertiary/aromatic N) is 1. The molecular weight excluding hydrogens is 550 g/mol. The number of carbonyl (C=O) groups excluding carboxylic acids is 1. The van der Waals surface area contributed by atoms with E-state index in [9.17, 15) is 10.1 Å². The fourth-order valence-electron chi connectivity index (χ4n) is 2.68. The van der Waals surface area contributed by atoms with E-state index in [4.69, 9.17) is 19.9 Å². The molecular formula is C17H16I2N2O4. The van der Waals surface area contributed by atoms with Crippen LogP contribution in [0.3, 0.4) is 0 Å². The average molecular weight is 566 g/mol. The third-order valence-electron chi connectivity index (χ3n) is 3.65. The summed E-state index contributed by atoms with van der Waals surface area (Å²) in [4.78, 5) is 12.6. The third-order valence-corrected chi connectivity index (χ3v) is 5.08. The number of methoxy groups -OCH3 is 1. The molecule has 0 bridgehead atoms. The van der Waals surface area contributed by atoms with Gasteiger partial charge in [-0.3, -0.25) is 0 Å². The van der Waals surface area contributed by atoms with Gasteiger partial charge in [-0.25, -0.2) is 4.79 Å². The van der Waals surface area contributed by atoms with Crippen LogP contribution >= 0.6 is 45.2 Å². The molecule has 1 aromatic carbocycles.